The topological polar surface area (TPSA) is 9.23 Å². The fraction of sp³-hybridized carbons (Fsp3) is 0.875. The van der Waals surface area contributed by atoms with E-state index in [0.717, 1.165) is 12.7 Å². The van der Waals surface area contributed by atoms with Crippen LogP contribution < -0.4 is 0 Å². The molecular weight excluding hydrogens is 112 g/mol. The summed E-state index contributed by atoms with van der Waals surface area (Å²) in [7, 11) is 0. The van der Waals surface area contributed by atoms with Gasteiger partial charge in [0.05, 0.1) is 12.7 Å². The van der Waals surface area contributed by atoms with E-state index in [9.17, 15) is 0 Å². The maximum absolute atomic E-state index is 5.32. The zero-order valence-electron chi connectivity index (χ0n) is 7.12. The van der Waals surface area contributed by atoms with Crippen molar-refractivity contribution in [3.05, 3.63) is 6.10 Å². The second-order valence-electron chi connectivity index (χ2n) is 3.76. The van der Waals surface area contributed by atoms with Crippen LogP contribution in [0.5, 0.6) is 0 Å². The van der Waals surface area contributed by atoms with Crippen LogP contribution >= 0.6 is 0 Å². The Labute approximate surface area is 58.4 Å². The molecule has 0 aromatic carbocycles. The van der Waals surface area contributed by atoms with E-state index in [-0.39, 0.29) is 5.41 Å². The molecule has 0 aromatic rings. The van der Waals surface area contributed by atoms with Crippen LogP contribution in [0.3, 0.4) is 0 Å². The molecular formula is C8H17O. The number of rotatable bonds is 2. The van der Waals surface area contributed by atoms with Crippen molar-refractivity contribution >= 4 is 0 Å². The third kappa shape index (κ3) is 7.96. The highest BCUT2D eigenvalue weighted by atomic mass is 16.5. The van der Waals surface area contributed by atoms with Crippen molar-refractivity contribution in [3.8, 4) is 0 Å². The molecule has 0 saturated carbocycles. The Balaban J connectivity index is 3.28. The van der Waals surface area contributed by atoms with Gasteiger partial charge in [0.25, 0.3) is 0 Å². The summed E-state index contributed by atoms with van der Waals surface area (Å²) in [5.74, 6) is 0. The van der Waals surface area contributed by atoms with Gasteiger partial charge in [-0.2, -0.15) is 0 Å². The first kappa shape index (κ1) is 8.96. The molecule has 0 aliphatic heterocycles. The van der Waals surface area contributed by atoms with E-state index in [0.29, 0.717) is 0 Å². The highest BCUT2D eigenvalue weighted by Gasteiger charge is 2.10. The fourth-order valence-corrected chi connectivity index (χ4v) is 0.361. The van der Waals surface area contributed by atoms with Gasteiger partial charge in [-0.3, -0.25) is 0 Å². The average Bonchev–Trinajstić information content (AvgIpc) is 1.59. The normalized spacial score (nSPS) is 12.7. The third-order valence-corrected chi connectivity index (χ3v) is 0.794. The molecule has 0 rings (SSSR count). The Hall–Kier alpha value is -0.0400. The predicted octanol–water partition coefficient (Wildman–Crippen LogP) is 2.62. The molecule has 1 heteroatoms. The predicted molar refractivity (Wildman–Crippen MR) is 40.0 cm³/mol. The largest absolute Gasteiger partial charge is 0.372 e. The Morgan fingerprint density at radius 3 is 1.78 bits per heavy atom. The molecule has 0 heterocycles. The van der Waals surface area contributed by atoms with E-state index in [4.69, 9.17) is 4.74 Å². The van der Waals surface area contributed by atoms with E-state index in [1.807, 2.05) is 13.8 Å². The second-order valence-corrected chi connectivity index (χ2v) is 3.76. The first-order valence-electron chi connectivity index (χ1n) is 3.35. The lowest BCUT2D eigenvalue weighted by molar-refractivity contribution is 0.0880. The van der Waals surface area contributed by atoms with Gasteiger partial charge >= 0.3 is 0 Å². The van der Waals surface area contributed by atoms with E-state index in [1.165, 1.54) is 0 Å². The van der Waals surface area contributed by atoms with Crippen LogP contribution in [-0.4, -0.2) is 6.61 Å². The first-order chi connectivity index (χ1) is 3.92. The molecule has 0 fully saturated rings. The van der Waals surface area contributed by atoms with E-state index < -0.39 is 0 Å². The van der Waals surface area contributed by atoms with Gasteiger partial charge in [0.2, 0.25) is 0 Å². The Morgan fingerprint density at radius 1 is 1.22 bits per heavy atom. The lowest BCUT2D eigenvalue weighted by Crippen LogP contribution is -2.14. The van der Waals surface area contributed by atoms with Crippen molar-refractivity contribution in [2.24, 2.45) is 5.41 Å². The maximum Gasteiger partial charge on any atom is 0.0909 e. The quantitative estimate of drug-likeness (QED) is 0.557. The minimum Gasteiger partial charge on any atom is -0.372 e. The molecule has 1 nitrogen and oxygen atoms in total. The van der Waals surface area contributed by atoms with Gasteiger partial charge in [-0.15, -0.1) is 0 Å². The SMILES string of the molecule is C[C](C)OCC(C)(C)C. The van der Waals surface area contributed by atoms with E-state index in [1.54, 1.807) is 0 Å². The minimum absolute atomic E-state index is 0.289. The summed E-state index contributed by atoms with van der Waals surface area (Å²) in [5, 5.41) is 0. The smallest absolute Gasteiger partial charge is 0.0909 e. The summed E-state index contributed by atoms with van der Waals surface area (Å²) in [6.45, 7) is 11.3. The fourth-order valence-electron chi connectivity index (χ4n) is 0.361. The van der Waals surface area contributed by atoms with E-state index >= 15 is 0 Å². The molecule has 9 heavy (non-hydrogen) atoms. The standard InChI is InChI=1S/C8H17O/c1-7(2)9-6-8(3,4)5/h6H2,1-5H3. The summed E-state index contributed by atoms with van der Waals surface area (Å²) >= 11 is 0. The van der Waals surface area contributed by atoms with E-state index in [2.05, 4.69) is 20.8 Å². The molecule has 0 atom stereocenters. The molecule has 0 aliphatic carbocycles. The van der Waals surface area contributed by atoms with Gasteiger partial charge in [-0.1, -0.05) is 20.8 Å². The molecule has 0 spiro atoms. The van der Waals surface area contributed by atoms with Crippen LogP contribution in [-0.2, 0) is 4.74 Å². The van der Waals surface area contributed by atoms with Crippen molar-refractivity contribution < 1.29 is 4.74 Å². The number of hydrogen-bond donors (Lipinski definition) is 0. The Bertz CT molecular complexity index is 69.1. The maximum atomic E-state index is 5.32. The Kier molecular flexibility index (Phi) is 3.20. The summed E-state index contributed by atoms with van der Waals surface area (Å²) in [6, 6.07) is 0. The lowest BCUT2D eigenvalue weighted by Gasteiger charge is -2.19. The van der Waals surface area contributed by atoms with Crippen molar-refractivity contribution in [1.82, 2.24) is 0 Å². The lowest BCUT2D eigenvalue weighted by atomic mass is 9.99. The molecule has 55 valence electrons. The molecule has 0 saturated heterocycles. The van der Waals surface area contributed by atoms with Crippen molar-refractivity contribution in [3.63, 3.8) is 0 Å². The summed E-state index contributed by atoms with van der Waals surface area (Å²) in [5.41, 5.74) is 0.289. The van der Waals surface area contributed by atoms with Crippen LogP contribution in [0.1, 0.15) is 34.6 Å². The molecule has 0 bridgehead atoms. The van der Waals surface area contributed by atoms with Crippen molar-refractivity contribution in [2.45, 2.75) is 34.6 Å². The summed E-state index contributed by atoms with van der Waals surface area (Å²) < 4.78 is 5.32. The molecule has 1 radical (unpaired) electrons. The van der Waals surface area contributed by atoms with Gasteiger partial charge in [-0.05, 0) is 19.3 Å². The zero-order chi connectivity index (χ0) is 7.49. The first-order valence-corrected chi connectivity index (χ1v) is 3.35. The van der Waals surface area contributed by atoms with Gasteiger partial charge in [0.1, 0.15) is 0 Å². The average molecular weight is 129 g/mol. The molecule has 0 N–H and O–H groups in total. The van der Waals surface area contributed by atoms with Crippen LogP contribution in [0, 0.1) is 11.5 Å². The minimum atomic E-state index is 0.289. The van der Waals surface area contributed by atoms with Crippen molar-refractivity contribution in [1.29, 1.82) is 0 Å². The molecule has 0 unspecified atom stereocenters. The van der Waals surface area contributed by atoms with Crippen LogP contribution in [0.15, 0.2) is 0 Å². The van der Waals surface area contributed by atoms with Gasteiger partial charge in [0.15, 0.2) is 0 Å². The second kappa shape index (κ2) is 3.21. The molecule has 0 aliphatic rings. The highest BCUT2D eigenvalue weighted by molar-refractivity contribution is 4.66. The highest BCUT2D eigenvalue weighted by Crippen LogP contribution is 2.15. The van der Waals surface area contributed by atoms with Gasteiger partial charge in [0, 0.05) is 0 Å². The number of ether oxygens (including phenoxy) is 1. The van der Waals surface area contributed by atoms with Gasteiger partial charge in [-0.25, -0.2) is 0 Å². The Morgan fingerprint density at radius 2 is 1.67 bits per heavy atom. The van der Waals surface area contributed by atoms with Crippen LogP contribution in [0.2, 0.25) is 0 Å². The van der Waals surface area contributed by atoms with Crippen LogP contribution in [0.4, 0.5) is 0 Å². The molecule has 0 amide bonds. The summed E-state index contributed by atoms with van der Waals surface area (Å²) in [6.07, 6.45) is 1.05. The monoisotopic (exact) mass is 129 g/mol. The molecule has 0 aromatic heterocycles. The third-order valence-electron chi connectivity index (χ3n) is 0.794. The zero-order valence-corrected chi connectivity index (χ0v) is 7.12. The van der Waals surface area contributed by atoms with Crippen LogP contribution in [0.25, 0.3) is 0 Å². The van der Waals surface area contributed by atoms with Gasteiger partial charge < -0.3 is 4.74 Å². The van der Waals surface area contributed by atoms with Crippen molar-refractivity contribution in [2.75, 3.05) is 6.61 Å². The number of hydrogen-bond acceptors (Lipinski definition) is 1. The summed E-state index contributed by atoms with van der Waals surface area (Å²) in [4.78, 5) is 0.